The molecule has 30 heavy (non-hydrogen) atoms. The van der Waals surface area contributed by atoms with E-state index in [0.29, 0.717) is 35.7 Å². The minimum Gasteiger partial charge on any atom is -0.493 e. The van der Waals surface area contributed by atoms with E-state index in [9.17, 15) is 9.59 Å². The van der Waals surface area contributed by atoms with Crippen molar-refractivity contribution in [2.45, 2.75) is 39.0 Å². The molecule has 2 aliphatic rings. The van der Waals surface area contributed by atoms with Crippen LogP contribution < -0.4 is 14.8 Å². The van der Waals surface area contributed by atoms with Gasteiger partial charge in [0.1, 0.15) is 6.61 Å². The number of methoxy groups -OCH3 is 2. The van der Waals surface area contributed by atoms with Gasteiger partial charge >= 0.3 is 5.97 Å². The van der Waals surface area contributed by atoms with Crippen molar-refractivity contribution in [2.24, 2.45) is 0 Å². The van der Waals surface area contributed by atoms with E-state index in [1.807, 2.05) is 19.1 Å². The van der Waals surface area contributed by atoms with Gasteiger partial charge in [-0.1, -0.05) is 13.0 Å². The maximum atomic E-state index is 13.1. The normalized spacial score (nSPS) is 18.7. The molecule has 1 atom stereocenters. The predicted octanol–water partition coefficient (Wildman–Crippen LogP) is 3.97. The van der Waals surface area contributed by atoms with Gasteiger partial charge in [0.2, 0.25) is 0 Å². The van der Waals surface area contributed by atoms with Crippen molar-refractivity contribution in [3.8, 4) is 11.5 Å². The second-order valence-electron chi connectivity index (χ2n) is 7.21. The number of rotatable bonds is 8. The van der Waals surface area contributed by atoms with Crippen molar-refractivity contribution in [1.82, 2.24) is 5.32 Å². The molecule has 0 aromatic heterocycles. The maximum absolute atomic E-state index is 13.1. The summed E-state index contributed by atoms with van der Waals surface area (Å²) >= 11 is 1.72. The molecule has 162 valence electrons. The van der Waals surface area contributed by atoms with Crippen LogP contribution in [0.2, 0.25) is 0 Å². The molecule has 1 heterocycles. The Balaban J connectivity index is 2.04. The molecule has 0 radical (unpaired) electrons. The van der Waals surface area contributed by atoms with Gasteiger partial charge in [-0.05, 0) is 43.2 Å². The first-order valence-corrected chi connectivity index (χ1v) is 11.4. The molecule has 7 heteroatoms. The van der Waals surface area contributed by atoms with Crippen LogP contribution in [0.3, 0.4) is 0 Å². The molecule has 0 saturated carbocycles. The minimum absolute atomic E-state index is 0.0721. The van der Waals surface area contributed by atoms with Gasteiger partial charge in [-0.3, -0.25) is 4.79 Å². The van der Waals surface area contributed by atoms with Gasteiger partial charge in [-0.2, -0.15) is 11.8 Å². The first kappa shape index (κ1) is 22.3. The first-order chi connectivity index (χ1) is 14.5. The van der Waals surface area contributed by atoms with Crippen molar-refractivity contribution < 1.29 is 23.8 Å². The summed E-state index contributed by atoms with van der Waals surface area (Å²) in [4.78, 5) is 26.0. The molecular formula is C23H29NO5S. The summed E-state index contributed by atoms with van der Waals surface area (Å²) < 4.78 is 16.4. The number of dihydropyridines is 1. The fraction of sp³-hybridized carbons (Fsp3) is 0.478. The SMILES string of the molecule is CCSCCOC(=O)C1=C(C)NC2=C(C(=O)CCC2)C1c1ccc(OC)c(OC)c1. The fourth-order valence-corrected chi connectivity index (χ4v) is 4.52. The van der Waals surface area contributed by atoms with Gasteiger partial charge in [-0.25, -0.2) is 4.79 Å². The van der Waals surface area contributed by atoms with Crippen LogP contribution in [-0.2, 0) is 14.3 Å². The summed E-state index contributed by atoms with van der Waals surface area (Å²) in [5.41, 5.74) is 3.59. The van der Waals surface area contributed by atoms with Crippen molar-refractivity contribution in [3.05, 3.63) is 46.3 Å². The van der Waals surface area contributed by atoms with Gasteiger partial charge in [0.15, 0.2) is 17.3 Å². The lowest BCUT2D eigenvalue weighted by atomic mass is 9.75. The van der Waals surface area contributed by atoms with Gasteiger partial charge < -0.3 is 19.5 Å². The molecule has 3 rings (SSSR count). The average Bonchev–Trinajstić information content (AvgIpc) is 2.75. The van der Waals surface area contributed by atoms with Crippen LogP contribution in [0.5, 0.6) is 11.5 Å². The van der Waals surface area contributed by atoms with E-state index in [1.54, 1.807) is 32.0 Å². The Morgan fingerprint density at radius 3 is 2.67 bits per heavy atom. The van der Waals surface area contributed by atoms with E-state index in [2.05, 4.69) is 12.2 Å². The largest absolute Gasteiger partial charge is 0.493 e. The lowest BCUT2D eigenvalue weighted by Crippen LogP contribution is -2.34. The fourth-order valence-electron chi connectivity index (χ4n) is 4.03. The smallest absolute Gasteiger partial charge is 0.336 e. The third kappa shape index (κ3) is 4.51. The quantitative estimate of drug-likeness (QED) is 0.493. The number of hydrogen-bond acceptors (Lipinski definition) is 7. The molecule has 0 fully saturated rings. The third-order valence-electron chi connectivity index (χ3n) is 5.40. The second kappa shape index (κ2) is 10.1. The molecule has 1 aliphatic heterocycles. The van der Waals surface area contributed by atoms with Crippen LogP contribution in [0.25, 0.3) is 0 Å². The zero-order valence-corrected chi connectivity index (χ0v) is 18.8. The summed E-state index contributed by atoms with van der Waals surface area (Å²) in [5.74, 6) is 2.07. The Labute approximate surface area is 182 Å². The molecule has 0 amide bonds. The summed E-state index contributed by atoms with van der Waals surface area (Å²) in [7, 11) is 3.15. The van der Waals surface area contributed by atoms with E-state index in [-0.39, 0.29) is 11.8 Å². The molecule has 1 N–H and O–H groups in total. The van der Waals surface area contributed by atoms with Gasteiger partial charge in [0.25, 0.3) is 0 Å². The van der Waals surface area contributed by atoms with Crippen molar-refractivity contribution in [3.63, 3.8) is 0 Å². The van der Waals surface area contributed by atoms with E-state index < -0.39 is 5.92 Å². The van der Waals surface area contributed by atoms with Gasteiger partial charge in [0, 0.05) is 35.1 Å². The van der Waals surface area contributed by atoms with Crippen molar-refractivity contribution >= 4 is 23.5 Å². The van der Waals surface area contributed by atoms with E-state index in [4.69, 9.17) is 14.2 Å². The van der Waals surface area contributed by atoms with E-state index >= 15 is 0 Å². The monoisotopic (exact) mass is 431 g/mol. The van der Waals surface area contributed by atoms with Gasteiger partial charge in [0.05, 0.1) is 19.8 Å². The zero-order valence-electron chi connectivity index (χ0n) is 18.0. The molecule has 0 bridgehead atoms. The molecule has 6 nitrogen and oxygen atoms in total. The number of carbonyl (C=O) groups is 2. The average molecular weight is 432 g/mol. The highest BCUT2D eigenvalue weighted by Gasteiger charge is 2.39. The third-order valence-corrected chi connectivity index (χ3v) is 6.27. The molecule has 1 aliphatic carbocycles. The molecule has 1 aromatic rings. The Bertz CT molecular complexity index is 890. The number of nitrogens with one attached hydrogen (secondary N) is 1. The van der Waals surface area contributed by atoms with Crippen LogP contribution in [0, 0.1) is 0 Å². The number of allylic oxidation sites excluding steroid dienone is 3. The first-order valence-electron chi connectivity index (χ1n) is 10.2. The molecule has 1 unspecified atom stereocenters. The predicted molar refractivity (Wildman–Crippen MR) is 118 cm³/mol. The number of carbonyl (C=O) groups excluding carboxylic acids is 2. The van der Waals surface area contributed by atoms with Crippen LogP contribution >= 0.6 is 11.8 Å². The number of esters is 1. The van der Waals surface area contributed by atoms with Crippen LogP contribution in [0.15, 0.2) is 40.7 Å². The van der Waals surface area contributed by atoms with Crippen LogP contribution in [0.4, 0.5) is 0 Å². The Morgan fingerprint density at radius 2 is 1.97 bits per heavy atom. The lowest BCUT2D eigenvalue weighted by molar-refractivity contribution is -0.138. The van der Waals surface area contributed by atoms with Gasteiger partial charge in [-0.15, -0.1) is 0 Å². The standard InChI is InChI=1S/C23H29NO5S/c1-5-30-12-11-29-23(26)20-14(2)24-16-7-6-8-17(25)22(16)21(20)15-9-10-18(27-3)19(13-15)28-4/h9-10,13,21,24H,5-8,11-12H2,1-4H3. The number of benzene rings is 1. The summed E-state index contributed by atoms with van der Waals surface area (Å²) in [6.45, 7) is 4.28. The number of ether oxygens (including phenoxy) is 3. The Hall–Kier alpha value is -2.41. The second-order valence-corrected chi connectivity index (χ2v) is 8.61. The maximum Gasteiger partial charge on any atom is 0.336 e. The zero-order chi connectivity index (χ0) is 21.7. The number of ketones is 1. The molecule has 0 spiro atoms. The number of Topliss-reactive ketones (excluding diaryl/α,β-unsaturated/α-hetero) is 1. The topological polar surface area (TPSA) is 73.9 Å². The van der Waals surface area contributed by atoms with Crippen molar-refractivity contribution in [2.75, 3.05) is 32.3 Å². The number of thioether (sulfide) groups is 1. The minimum atomic E-state index is -0.486. The van der Waals surface area contributed by atoms with Crippen LogP contribution in [-0.4, -0.2) is 44.1 Å². The van der Waals surface area contributed by atoms with E-state index in [0.717, 1.165) is 41.3 Å². The van der Waals surface area contributed by atoms with Crippen molar-refractivity contribution in [1.29, 1.82) is 0 Å². The summed E-state index contributed by atoms with van der Waals surface area (Å²) in [6, 6.07) is 5.53. The highest BCUT2D eigenvalue weighted by molar-refractivity contribution is 7.99. The Morgan fingerprint density at radius 1 is 1.20 bits per heavy atom. The highest BCUT2D eigenvalue weighted by atomic mass is 32.2. The van der Waals surface area contributed by atoms with Crippen LogP contribution in [0.1, 0.15) is 44.6 Å². The molecular weight excluding hydrogens is 402 g/mol. The summed E-state index contributed by atoms with van der Waals surface area (Å²) in [6.07, 6.45) is 2.08. The highest BCUT2D eigenvalue weighted by Crippen LogP contribution is 2.44. The summed E-state index contributed by atoms with van der Waals surface area (Å²) in [5, 5.41) is 3.31. The Kier molecular flexibility index (Phi) is 7.48. The molecule has 0 saturated heterocycles. The van der Waals surface area contributed by atoms with E-state index in [1.165, 1.54) is 0 Å². The molecule has 1 aromatic carbocycles. The number of hydrogen-bond donors (Lipinski definition) is 1. The lowest BCUT2D eigenvalue weighted by Gasteiger charge is -2.34.